The van der Waals surface area contributed by atoms with Crippen molar-refractivity contribution in [3.05, 3.63) is 66.7 Å². The van der Waals surface area contributed by atoms with E-state index in [9.17, 15) is 9.59 Å². The number of carbonyl (C=O) groups excluding carboxylic acids is 1. The number of thiophene rings is 1. The summed E-state index contributed by atoms with van der Waals surface area (Å²) in [5.74, 6) is 0.183. The smallest absolute Gasteiger partial charge is 0.259 e. The number of amides is 1. The van der Waals surface area contributed by atoms with Gasteiger partial charge in [-0.25, -0.2) is 4.98 Å². The van der Waals surface area contributed by atoms with Gasteiger partial charge in [0.1, 0.15) is 11.3 Å². The first kappa shape index (κ1) is 20.8. The average molecular weight is 445 g/mol. The molecule has 1 aliphatic rings. The van der Waals surface area contributed by atoms with Gasteiger partial charge < -0.3 is 14.2 Å². The summed E-state index contributed by atoms with van der Waals surface area (Å²) < 4.78 is 7.20. The Balaban J connectivity index is 1.63. The van der Waals surface area contributed by atoms with E-state index in [0.717, 1.165) is 31.0 Å². The number of aromatic nitrogens is 2. The number of hydrogen-bond donors (Lipinski definition) is 0. The molecular weight excluding hydrogens is 420 g/mol. The zero-order valence-corrected chi connectivity index (χ0v) is 18.7. The molecule has 4 heterocycles. The van der Waals surface area contributed by atoms with E-state index < -0.39 is 0 Å². The van der Waals surface area contributed by atoms with Gasteiger partial charge >= 0.3 is 0 Å². The van der Waals surface area contributed by atoms with Crippen LogP contribution in [-0.2, 0) is 26.1 Å². The van der Waals surface area contributed by atoms with Crippen molar-refractivity contribution >= 4 is 28.6 Å². The number of nitrogens with zero attached hydrogens (tertiary/aromatic N) is 4. The molecule has 0 saturated carbocycles. The van der Waals surface area contributed by atoms with E-state index in [1.165, 1.54) is 30.1 Å². The Morgan fingerprint density at radius 3 is 2.83 bits per heavy atom. The lowest BCUT2D eigenvalue weighted by Gasteiger charge is -2.21. The summed E-state index contributed by atoms with van der Waals surface area (Å²) in [6, 6.07) is 3.56. The second-order valence-electron chi connectivity index (χ2n) is 7.32. The molecule has 9 heteroatoms. The van der Waals surface area contributed by atoms with Crippen molar-refractivity contribution in [2.45, 2.75) is 26.1 Å². The van der Waals surface area contributed by atoms with Gasteiger partial charge in [0.2, 0.25) is 0 Å². The lowest BCUT2D eigenvalue weighted by molar-refractivity contribution is 0.0777. The molecule has 0 fully saturated rings. The van der Waals surface area contributed by atoms with E-state index >= 15 is 0 Å². The van der Waals surface area contributed by atoms with Crippen molar-refractivity contribution in [3.63, 3.8) is 0 Å². The minimum Gasteiger partial charge on any atom is -0.496 e. The van der Waals surface area contributed by atoms with Crippen LogP contribution in [0.3, 0.4) is 0 Å². The van der Waals surface area contributed by atoms with Crippen LogP contribution in [-0.4, -0.2) is 52.5 Å². The van der Waals surface area contributed by atoms with E-state index in [-0.39, 0.29) is 11.5 Å². The first-order chi connectivity index (χ1) is 14.6. The van der Waals surface area contributed by atoms with Crippen molar-refractivity contribution in [2.24, 2.45) is 0 Å². The highest BCUT2D eigenvalue weighted by Gasteiger charge is 2.27. The van der Waals surface area contributed by atoms with Crippen LogP contribution >= 0.6 is 22.7 Å². The number of hydrogen-bond acceptors (Lipinski definition) is 7. The lowest BCUT2D eigenvalue weighted by Crippen LogP contribution is -2.32. The summed E-state index contributed by atoms with van der Waals surface area (Å²) in [7, 11) is 3.26. The average Bonchev–Trinajstić information content (AvgIpc) is 3.40. The van der Waals surface area contributed by atoms with Gasteiger partial charge in [0.25, 0.3) is 11.5 Å². The quantitative estimate of drug-likeness (QED) is 0.585. The fourth-order valence-electron chi connectivity index (χ4n) is 3.80. The summed E-state index contributed by atoms with van der Waals surface area (Å²) in [5, 5.41) is 6.15. The first-order valence-electron chi connectivity index (χ1n) is 9.73. The minimum absolute atomic E-state index is 0.127. The van der Waals surface area contributed by atoms with Crippen LogP contribution in [0, 0.1) is 0 Å². The van der Waals surface area contributed by atoms with Crippen molar-refractivity contribution in [3.8, 4) is 5.75 Å². The summed E-state index contributed by atoms with van der Waals surface area (Å²) >= 11 is 3.19. The van der Waals surface area contributed by atoms with Crippen molar-refractivity contribution < 1.29 is 9.53 Å². The fraction of sp³-hybridized carbons (Fsp3) is 0.381. The Hall–Kier alpha value is -2.49. The third-order valence-electron chi connectivity index (χ3n) is 5.34. The highest BCUT2D eigenvalue weighted by atomic mass is 32.1. The molecule has 0 radical (unpaired) electrons. The Morgan fingerprint density at radius 1 is 1.27 bits per heavy atom. The predicted octanol–water partition coefficient (Wildman–Crippen LogP) is 2.71. The van der Waals surface area contributed by atoms with Gasteiger partial charge in [0, 0.05) is 56.8 Å². The van der Waals surface area contributed by atoms with E-state index in [2.05, 4.69) is 26.7 Å². The molecule has 7 nitrogen and oxygen atoms in total. The Bertz CT molecular complexity index is 1060. The molecule has 1 aliphatic heterocycles. The van der Waals surface area contributed by atoms with Gasteiger partial charge in [-0.05, 0) is 22.4 Å². The van der Waals surface area contributed by atoms with Crippen molar-refractivity contribution in [1.29, 1.82) is 0 Å². The molecule has 4 rings (SSSR count). The largest absolute Gasteiger partial charge is 0.496 e. The molecule has 0 aliphatic carbocycles. The Kier molecular flexibility index (Phi) is 6.31. The third kappa shape index (κ3) is 4.33. The number of thiazole rings is 1. The van der Waals surface area contributed by atoms with Crippen LogP contribution in [0.15, 0.2) is 38.6 Å². The molecule has 0 bridgehead atoms. The van der Waals surface area contributed by atoms with Crippen molar-refractivity contribution in [1.82, 2.24) is 19.4 Å². The number of pyridine rings is 1. The number of carbonyl (C=O) groups is 1. The molecule has 0 unspecified atom stereocenters. The molecular formula is C21H24N4O3S2. The first-order valence-corrected chi connectivity index (χ1v) is 11.6. The normalized spacial score (nSPS) is 14.2. The zero-order chi connectivity index (χ0) is 21.1. The van der Waals surface area contributed by atoms with Crippen LogP contribution in [0.2, 0.25) is 0 Å². The Labute approximate surface area is 183 Å². The summed E-state index contributed by atoms with van der Waals surface area (Å²) in [5.41, 5.74) is 4.98. The Morgan fingerprint density at radius 2 is 2.13 bits per heavy atom. The molecule has 0 saturated heterocycles. The van der Waals surface area contributed by atoms with Crippen LogP contribution in [0.25, 0.3) is 0 Å². The van der Waals surface area contributed by atoms with Gasteiger partial charge in [-0.15, -0.1) is 11.3 Å². The van der Waals surface area contributed by atoms with E-state index in [1.54, 1.807) is 33.4 Å². The lowest BCUT2D eigenvalue weighted by atomic mass is 10.1. The molecule has 0 spiro atoms. The zero-order valence-electron chi connectivity index (χ0n) is 17.0. The molecule has 3 aromatic heterocycles. The second kappa shape index (κ2) is 9.11. The fourth-order valence-corrected chi connectivity index (χ4v) is 5.01. The molecule has 158 valence electrons. The van der Waals surface area contributed by atoms with E-state index in [1.807, 2.05) is 5.38 Å². The third-order valence-corrected chi connectivity index (χ3v) is 6.70. The highest BCUT2D eigenvalue weighted by Crippen LogP contribution is 2.25. The van der Waals surface area contributed by atoms with E-state index in [4.69, 9.17) is 4.74 Å². The number of methoxy groups -OCH3 is 1. The molecule has 3 aromatic rings. The molecule has 30 heavy (non-hydrogen) atoms. The molecule has 0 atom stereocenters. The minimum atomic E-state index is -0.158. The topological polar surface area (TPSA) is 67.7 Å². The van der Waals surface area contributed by atoms with Crippen LogP contribution in [0.1, 0.15) is 27.3 Å². The van der Waals surface area contributed by atoms with Gasteiger partial charge in [-0.2, -0.15) is 11.3 Å². The number of ether oxygens (including phenoxy) is 1. The molecule has 0 aromatic carbocycles. The molecule has 1 amide bonds. The summed E-state index contributed by atoms with van der Waals surface area (Å²) in [4.78, 5) is 34.4. The maximum absolute atomic E-state index is 13.4. The monoisotopic (exact) mass is 444 g/mol. The van der Waals surface area contributed by atoms with Gasteiger partial charge in [0.05, 0.1) is 24.9 Å². The molecule has 0 N–H and O–H groups in total. The van der Waals surface area contributed by atoms with Crippen LogP contribution in [0.5, 0.6) is 5.75 Å². The van der Waals surface area contributed by atoms with Crippen molar-refractivity contribution in [2.75, 3.05) is 27.2 Å². The second-order valence-corrected chi connectivity index (χ2v) is 8.82. The van der Waals surface area contributed by atoms with E-state index in [0.29, 0.717) is 30.8 Å². The maximum Gasteiger partial charge on any atom is 0.259 e. The number of fused-ring (bicyclic) bond motifs is 1. The highest BCUT2D eigenvalue weighted by molar-refractivity contribution is 7.08. The maximum atomic E-state index is 13.4. The van der Waals surface area contributed by atoms with Gasteiger partial charge in [0.15, 0.2) is 0 Å². The van der Waals surface area contributed by atoms with Gasteiger partial charge in [-0.1, -0.05) is 0 Å². The van der Waals surface area contributed by atoms with Gasteiger partial charge in [-0.3, -0.25) is 14.5 Å². The summed E-state index contributed by atoms with van der Waals surface area (Å²) in [6.07, 6.45) is 0.613. The van der Waals surface area contributed by atoms with Crippen LogP contribution in [0.4, 0.5) is 0 Å². The number of rotatable bonds is 6. The standard InChI is InChI=1S/C21H24N4O3S2/c1-23(11-16-13-30-14-22-16)21(27)20-17-3-5-24(10-15-4-8-29-12-15)6-7-25(17)19(26)9-18(20)28-2/h4,8-9,12-14H,3,5-7,10-11H2,1-2H3. The van der Waals surface area contributed by atoms with Crippen LogP contribution < -0.4 is 10.3 Å². The SMILES string of the molecule is COc1cc(=O)n2c(c1C(=O)N(C)Cc1cscn1)CCN(Cc1ccsc1)CC2. The predicted molar refractivity (Wildman–Crippen MR) is 118 cm³/mol. The summed E-state index contributed by atoms with van der Waals surface area (Å²) in [6.45, 7) is 3.35.